The first-order valence-electron chi connectivity index (χ1n) is 9.33. The van der Waals surface area contributed by atoms with Crippen molar-refractivity contribution in [3.05, 3.63) is 0 Å². The van der Waals surface area contributed by atoms with Crippen LogP contribution < -0.4 is 5.73 Å². The molecule has 23 heavy (non-hydrogen) atoms. The summed E-state index contributed by atoms with van der Waals surface area (Å²) in [4.78, 5) is 0. The first-order valence-corrected chi connectivity index (χ1v) is 9.33. The molecule has 0 rings (SSSR count). The number of aliphatic hydroxyl groups is 2. The summed E-state index contributed by atoms with van der Waals surface area (Å²) < 4.78 is 25.9. The van der Waals surface area contributed by atoms with Crippen LogP contribution in [0.4, 0.5) is 8.78 Å². The molecule has 0 aromatic rings. The second-order valence-electron chi connectivity index (χ2n) is 6.71. The average molecular weight is 337 g/mol. The normalized spacial score (nSPS) is 17.0. The highest BCUT2D eigenvalue weighted by atomic mass is 19.1. The van der Waals surface area contributed by atoms with E-state index in [-0.39, 0.29) is 6.42 Å². The van der Waals surface area contributed by atoms with E-state index in [2.05, 4.69) is 6.92 Å². The van der Waals surface area contributed by atoms with Gasteiger partial charge in [-0.2, -0.15) is 0 Å². The van der Waals surface area contributed by atoms with Crippen molar-refractivity contribution in [1.82, 2.24) is 0 Å². The maximum absolute atomic E-state index is 13.7. The van der Waals surface area contributed by atoms with Crippen LogP contribution in [0.25, 0.3) is 0 Å². The molecule has 0 saturated heterocycles. The molecule has 3 unspecified atom stereocenters. The molecule has 0 aliphatic heterocycles. The van der Waals surface area contributed by atoms with Gasteiger partial charge in [0.25, 0.3) is 0 Å². The largest absolute Gasteiger partial charge is 0.393 e. The van der Waals surface area contributed by atoms with Crippen molar-refractivity contribution in [3.8, 4) is 0 Å². The van der Waals surface area contributed by atoms with Gasteiger partial charge in [0.15, 0.2) is 0 Å². The minimum absolute atomic E-state index is 0.106. The van der Waals surface area contributed by atoms with Gasteiger partial charge >= 0.3 is 0 Å². The number of alkyl halides is 2. The van der Waals surface area contributed by atoms with Crippen molar-refractivity contribution in [3.63, 3.8) is 0 Å². The van der Waals surface area contributed by atoms with Crippen molar-refractivity contribution in [2.24, 2.45) is 5.73 Å². The number of nitrogens with two attached hydrogens (primary N) is 1. The highest BCUT2D eigenvalue weighted by Crippen LogP contribution is 2.16. The minimum atomic E-state index is -1.00. The van der Waals surface area contributed by atoms with Crippen molar-refractivity contribution in [1.29, 1.82) is 0 Å². The number of hydrogen-bond acceptors (Lipinski definition) is 3. The molecule has 0 amide bonds. The number of hydrogen-bond donors (Lipinski definition) is 3. The van der Waals surface area contributed by atoms with E-state index in [4.69, 9.17) is 5.73 Å². The van der Waals surface area contributed by atoms with Gasteiger partial charge in [0.05, 0.1) is 18.2 Å². The van der Waals surface area contributed by atoms with Crippen LogP contribution in [0.5, 0.6) is 0 Å². The molecule has 0 bridgehead atoms. The van der Waals surface area contributed by atoms with Crippen LogP contribution in [0.2, 0.25) is 0 Å². The van der Waals surface area contributed by atoms with E-state index in [9.17, 15) is 19.0 Å². The monoisotopic (exact) mass is 337 g/mol. The Balaban J connectivity index is 3.46. The summed E-state index contributed by atoms with van der Waals surface area (Å²) in [5, 5.41) is 19.3. The van der Waals surface area contributed by atoms with Crippen LogP contribution in [0, 0.1) is 0 Å². The van der Waals surface area contributed by atoms with Crippen LogP contribution in [-0.2, 0) is 0 Å². The molecule has 0 radical (unpaired) electrons. The third kappa shape index (κ3) is 13.8. The number of unbranched alkanes of at least 4 members (excludes halogenated alkanes) is 6. The Morgan fingerprint density at radius 3 is 1.96 bits per heavy atom. The molecule has 0 aliphatic rings. The molecule has 0 aliphatic carbocycles. The quantitative estimate of drug-likeness (QED) is 0.372. The summed E-state index contributed by atoms with van der Waals surface area (Å²) in [5.74, 6) is 0. The Kier molecular flexibility index (Phi) is 15.1. The van der Waals surface area contributed by atoms with Crippen LogP contribution >= 0.6 is 0 Å². The standard InChI is InChI=1S/C18H37F2NO2/c1-2-3-4-5-7-10-15(20)11-8-6-9-12-16(22)13-18(23)17(21)14-19/h15-18,22-23H,2-14,21H2,1H3/t15?,16?,17-,18?/m0/s1. The van der Waals surface area contributed by atoms with Gasteiger partial charge < -0.3 is 15.9 Å². The number of rotatable bonds is 16. The van der Waals surface area contributed by atoms with E-state index >= 15 is 0 Å². The van der Waals surface area contributed by atoms with Crippen LogP contribution in [-0.4, -0.2) is 41.3 Å². The van der Waals surface area contributed by atoms with E-state index in [0.717, 1.165) is 32.1 Å². The zero-order chi connectivity index (χ0) is 17.5. The predicted molar refractivity (Wildman–Crippen MR) is 91.9 cm³/mol. The van der Waals surface area contributed by atoms with Gasteiger partial charge in [0.1, 0.15) is 12.8 Å². The average Bonchev–Trinajstić information content (AvgIpc) is 2.53. The maximum Gasteiger partial charge on any atom is 0.107 e. The van der Waals surface area contributed by atoms with E-state index in [1.807, 2.05) is 0 Å². The van der Waals surface area contributed by atoms with Crippen LogP contribution in [0.15, 0.2) is 0 Å². The molecule has 140 valence electrons. The summed E-state index contributed by atoms with van der Waals surface area (Å²) in [7, 11) is 0. The van der Waals surface area contributed by atoms with Crippen molar-refractivity contribution >= 4 is 0 Å². The highest BCUT2D eigenvalue weighted by Gasteiger charge is 2.18. The predicted octanol–water partition coefficient (Wildman–Crippen LogP) is 4.04. The molecule has 0 spiro atoms. The summed E-state index contributed by atoms with van der Waals surface area (Å²) >= 11 is 0. The lowest BCUT2D eigenvalue weighted by Gasteiger charge is -2.19. The third-order valence-corrected chi connectivity index (χ3v) is 4.36. The summed E-state index contributed by atoms with van der Waals surface area (Å²) in [6, 6.07) is -0.922. The molecule has 0 heterocycles. The molecule has 3 nitrogen and oxygen atoms in total. The first kappa shape index (κ1) is 22.7. The lowest BCUT2D eigenvalue weighted by atomic mass is 10.00. The number of halogens is 2. The molecule has 5 heteroatoms. The van der Waals surface area contributed by atoms with E-state index < -0.39 is 31.1 Å². The Labute approximate surface area is 140 Å². The third-order valence-electron chi connectivity index (χ3n) is 4.36. The topological polar surface area (TPSA) is 66.5 Å². The van der Waals surface area contributed by atoms with E-state index in [1.54, 1.807) is 0 Å². The highest BCUT2D eigenvalue weighted by molar-refractivity contribution is 4.74. The summed E-state index contributed by atoms with van der Waals surface area (Å²) in [6.07, 6.45) is 7.81. The molecular formula is C18H37F2NO2. The zero-order valence-corrected chi connectivity index (χ0v) is 14.7. The van der Waals surface area contributed by atoms with Gasteiger partial charge in [-0.3, -0.25) is 0 Å². The first-order chi connectivity index (χ1) is 11.0. The van der Waals surface area contributed by atoms with Crippen molar-refractivity contribution in [2.45, 2.75) is 108 Å². The van der Waals surface area contributed by atoms with E-state index in [0.29, 0.717) is 19.3 Å². The smallest absolute Gasteiger partial charge is 0.107 e. The fourth-order valence-corrected chi connectivity index (χ4v) is 2.71. The second-order valence-corrected chi connectivity index (χ2v) is 6.71. The Morgan fingerprint density at radius 2 is 1.39 bits per heavy atom. The van der Waals surface area contributed by atoms with Crippen LogP contribution in [0.1, 0.15) is 84.0 Å². The van der Waals surface area contributed by atoms with Gasteiger partial charge in [-0.05, 0) is 19.3 Å². The van der Waals surface area contributed by atoms with Crippen LogP contribution in [0.3, 0.4) is 0 Å². The van der Waals surface area contributed by atoms with Gasteiger partial charge in [-0.25, -0.2) is 8.78 Å². The molecule has 0 saturated carbocycles. The van der Waals surface area contributed by atoms with Gasteiger partial charge in [0, 0.05) is 6.42 Å². The zero-order valence-electron chi connectivity index (χ0n) is 14.7. The minimum Gasteiger partial charge on any atom is -0.393 e. The molecular weight excluding hydrogens is 300 g/mol. The lowest BCUT2D eigenvalue weighted by molar-refractivity contribution is 0.0546. The molecule has 0 aromatic heterocycles. The van der Waals surface area contributed by atoms with E-state index in [1.165, 1.54) is 19.3 Å². The fourth-order valence-electron chi connectivity index (χ4n) is 2.71. The Bertz CT molecular complexity index is 257. The Hall–Kier alpha value is -0.260. The van der Waals surface area contributed by atoms with Gasteiger partial charge in [0.2, 0.25) is 0 Å². The summed E-state index contributed by atoms with van der Waals surface area (Å²) in [5.41, 5.74) is 5.36. The summed E-state index contributed by atoms with van der Waals surface area (Å²) in [6.45, 7) is 1.38. The number of aliphatic hydroxyl groups excluding tert-OH is 2. The van der Waals surface area contributed by atoms with Crippen molar-refractivity contribution in [2.75, 3.05) is 6.67 Å². The molecule has 0 fully saturated rings. The lowest BCUT2D eigenvalue weighted by Crippen LogP contribution is -2.38. The maximum atomic E-state index is 13.7. The second kappa shape index (κ2) is 15.3. The van der Waals surface area contributed by atoms with Gasteiger partial charge in [-0.15, -0.1) is 0 Å². The fraction of sp³-hybridized carbons (Fsp3) is 1.00. The molecule has 4 N–H and O–H groups in total. The van der Waals surface area contributed by atoms with Crippen molar-refractivity contribution < 1.29 is 19.0 Å². The van der Waals surface area contributed by atoms with Gasteiger partial charge in [-0.1, -0.05) is 58.3 Å². The Morgan fingerprint density at radius 1 is 0.870 bits per heavy atom. The molecule has 0 aromatic carbocycles. The molecule has 4 atom stereocenters. The SMILES string of the molecule is CCCCCCCC(F)CCCCCC(O)CC(O)[C@@H](N)CF.